The molecule has 3 heterocycles. The summed E-state index contributed by atoms with van der Waals surface area (Å²) >= 11 is 0. The van der Waals surface area contributed by atoms with Crippen molar-refractivity contribution in [1.29, 1.82) is 0 Å². The van der Waals surface area contributed by atoms with Gasteiger partial charge in [-0.1, -0.05) is 0 Å². The summed E-state index contributed by atoms with van der Waals surface area (Å²) in [5.74, 6) is 0.527. The van der Waals surface area contributed by atoms with Crippen LogP contribution in [-0.2, 0) is 13.1 Å². The minimum atomic E-state index is -0.00871. The molecule has 0 atom stereocenters. The van der Waals surface area contributed by atoms with Crippen LogP contribution in [0.25, 0.3) is 0 Å². The number of aryl methyl sites for hydroxylation is 1. The third kappa shape index (κ3) is 2.96. The van der Waals surface area contributed by atoms with Crippen LogP contribution in [0.2, 0.25) is 0 Å². The largest absolute Gasteiger partial charge is 0.301 e. The van der Waals surface area contributed by atoms with E-state index in [1.54, 1.807) is 23.0 Å². The fourth-order valence-corrected chi connectivity index (χ4v) is 2.58. The van der Waals surface area contributed by atoms with Gasteiger partial charge in [0.05, 0.1) is 18.8 Å². The summed E-state index contributed by atoms with van der Waals surface area (Å²) in [6, 6.07) is 5.29. The van der Waals surface area contributed by atoms with Gasteiger partial charge in [0.15, 0.2) is 0 Å². The number of hydrogen-bond acceptors (Lipinski definition) is 4. The molecule has 3 rings (SSSR count). The Morgan fingerprint density at radius 1 is 1.30 bits per heavy atom. The third-order valence-electron chi connectivity index (χ3n) is 3.67. The summed E-state index contributed by atoms with van der Waals surface area (Å²) < 4.78 is 3.53. The average Bonchev–Trinajstić information content (AvgIpc) is 2.89. The SMILES string of the molecule is Cc1ccc(=O)n(CC2CN(CCn3cccn3)C2)n1. The molecule has 0 radical (unpaired) electrons. The number of rotatable bonds is 5. The maximum atomic E-state index is 11.7. The van der Waals surface area contributed by atoms with Gasteiger partial charge in [-0.3, -0.25) is 9.48 Å². The van der Waals surface area contributed by atoms with Gasteiger partial charge in [0, 0.05) is 44.0 Å². The zero-order valence-electron chi connectivity index (χ0n) is 11.6. The molecular weight excluding hydrogens is 254 g/mol. The summed E-state index contributed by atoms with van der Waals surface area (Å²) in [5.41, 5.74) is 0.880. The Balaban J connectivity index is 1.46. The van der Waals surface area contributed by atoms with Gasteiger partial charge in [0.25, 0.3) is 5.56 Å². The first-order valence-corrected chi connectivity index (χ1v) is 6.95. The topological polar surface area (TPSA) is 56.0 Å². The van der Waals surface area contributed by atoms with Crippen LogP contribution in [0.4, 0.5) is 0 Å². The highest BCUT2D eigenvalue weighted by Crippen LogP contribution is 2.16. The number of likely N-dealkylation sites (tertiary alicyclic amines) is 1. The average molecular weight is 273 g/mol. The maximum absolute atomic E-state index is 11.7. The van der Waals surface area contributed by atoms with Crippen LogP contribution in [0, 0.1) is 12.8 Å². The molecule has 0 unspecified atom stereocenters. The van der Waals surface area contributed by atoms with E-state index in [1.807, 2.05) is 23.9 Å². The molecule has 0 bridgehead atoms. The van der Waals surface area contributed by atoms with Gasteiger partial charge >= 0.3 is 0 Å². The van der Waals surface area contributed by atoms with Crippen molar-refractivity contribution in [3.63, 3.8) is 0 Å². The first-order chi connectivity index (χ1) is 9.70. The summed E-state index contributed by atoms with van der Waals surface area (Å²) in [5, 5.41) is 8.47. The summed E-state index contributed by atoms with van der Waals surface area (Å²) in [7, 11) is 0. The van der Waals surface area contributed by atoms with E-state index in [4.69, 9.17) is 0 Å². The fourth-order valence-electron chi connectivity index (χ4n) is 2.58. The monoisotopic (exact) mass is 273 g/mol. The molecular formula is C14H19N5O. The van der Waals surface area contributed by atoms with Crippen molar-refractivity contribution in [2.75, 3.05) is 19.6 Å². The molecule has 2 aromatic heterocycles. The van der Waals surface area contributed by atoms with Crippen molar-refractivity contribution in [3.05, 3.63) is 46.6 Å². The van der Waals surface area contributed by atoms with Gasteiger partial charge in [-0.25, -0.2) is 4.68 Å². The highest BCUT2D eigenvalue weighted by atomic mass is 16.1. The lowest BCUT2D eigenvalue weighted by atomic mass is 10.0. The van der Waals surface area contributed by atoms with Gasteiger partial charge in [0.2, 0.25) is 0 Å². The summed E-state index contributed by atoms with van der Waals surface area (Å²) in [4.78, 5) is 14.1. The Morgan fingerprint density at radius 3 is 2.90 bits per heavy atom. The lowest BCUT2D eigenvalue weighted by molar-refractivity contribution is 0.0793. The lowest BCUT2D eigenvalue weighted by Gasteiger charge is -2.39. The van der Waals surface area contributed by atoms with Crippen molar-refractivity contribution >= 4 is 0 Å². The fraction of sp³-hybridized carbons (Fsp3) is 0.500. The van der Waals surface area contributed by atoms with Crippen molar-refractivity contribution in [2.45, 2.75) is 20.0 Å². The molecule has 2 aromatic rings. The molecule has 0 aliphatic carbocycles. The van der Waals surface area contributed by atoms with Gasteiger partial charge < -0.3 is 4.90 Å². The molecule has 0 aromatic carbocycles. The molecule has 1 saturated heterocycles. The predicted molar refractivity (Wildman–Crippen MR) is 75.4 cm³/mol. The predicted octanol–water partition coefficient (Wildman–Crippen LogP) is 0.380. The molecule has 0 N–H and O–H groups in total. The first-order valence-electron chi connectivity index (χ1n) is 6.95. The number of hydrogen-bond donors (Lipinski definition) is 0. The molecule has 1 aliphatic heterocycles. The minimum Gasteiger partial charge on any atom is -0.301 e. The highest BCUT2D eigenvalue weighted by molar-refractivity contribution is 4.97. The Labute approximate surface area is 117 Å². The van der Waals surface area contributed by atoms with Crippen LogP contribution >= 0.6 is 0 Å². The van der Waals surface area contributed by atoms with Gasteiger partial charge in [0.1, 0.15) is 0 Å². The Morgan fingerprint density at radius 2 is 2.15 bits per heavy atom. The van der Waals surface area contributed by atoms with E-state index in [0.717, 1.165) is 38.4 Å². The molecule has 0 amide bonds. The summed E-state index contributed by atoms with van der Waals surface area (Å²) in [6.07, 6.45) is 3.78. The van der Waals surface area contributed by atoms with E-state index in [9.17, 15) is 4.79 Å². The maximum Gasteiger partial charge on any atom is 0.266 e. The van der Waals surface area contributed by atoms with Crippen molar-refractivity contribution in [3.8, 4) is 0 Å². The second kappa shape index (κ2) is 5.58. The Hall–Kier alpha value is -1.95. The van der Waals surface area contributed by atoms with Gasteiger partial charge in [-0.2, -0.15) is 10.2 Å². The minimum absolute atomic E-state index is 0.00871. The van der Waals surface area contributed by atoms with E-state index in [2.05, 4.69) is 15.1 Å². The van der Waals surface area contributed by atoms with Crippen LogP contribution in [0.3, 0.4) is 0 Å². The molecule has 1 aliphatic rings. The molecule has 0 spiro atoms. The molecule has 1 fully saturated rings. The first kappa shape index (κ1) is 13.1. The molecule has 106 valence electrons. The van der Waals surface area contributed by atoms with Crippen LogP contribution in [-0.4, -0.2) is 44.1 Å². The highest BCUT2D eigenvalue weighted by Gasteiger charge is 2.27. The summed E-state index contributed by atoms with van der Waals surface area (Å²) in [6.45, 7) is 6.62. The molecule has 6 nitrogen and oxygen atoms in total. The Kier molecular flexibility index (Phi) is 3.64. The third-order valence-corrected chi connectivity index (χ3v) is 3.67. The normalized spacial score (nSPS) is 16.2. The number of nitrogens with zero attached hydrogens (tertiary/aromatic N) is 5. The van der Waals surface area contributed by atoms with E-state index < -0.39 is 0 Å². The second-order valence-electron chi connectivity index (χ2n) is 5.39. The number of aromatic nitrogens is 4. The van der Waals surface area contributed by atoms with Crippen LogP contribution in [0.15, 0.2) is 35.4 Å². The van der Waals surface area contributed by atoms with Crippen molar-refractivity contribution in [1.82, 2.24) is 24.5 Å². The van der Waals surface area contributed by atoms with E-state index in [-0.39, 0.29) is 5.56 Å². The van der Waals surface area contributed by atoms with E-state index in [1.165, 1.54) is 0 Å². The standard InChI is InChI=1S/C14H19N5O/c1-12-3-4-14(20)19(16-12)11-13-9-17(10-13)7-8-18-6-2-5-15-18/h2-6,13H,7-11H2,1H3. The van der Waals surface area contributed by atoms with Crippen LogP contribution in [0.1, 0.15) is 5.69 Å². The lowest BCUT2D eigenvalue weighted by Crippen LogP contribution is -2.50. The molecule has 20 heavy (non-hydrogen) atoms. The molecule has 6 heteroatoms. The van der Waals surface area contributed by atoms with E-state index >= 15 is 0 Å². The second-order valence-corrected chi connectivity index (χ2v) is 5.39. The molecule has 0 saturated carbocycles. The quantitative estimate of drug-likeness (QED) is 0.790. The van der Waals surface area contributed by atoms with Crippen LogP contribution < -0.4 is 5.56 Å². The van der Waals surface area contributed by atoms with Crippen molar-refractivity contribution in [2.24, 2.45) is 5.92 Å². The smallest absolute Gasteiger partial charge is 0.266 e. The van der Waals surface area contributed by atoms with Gasteiger partial charge in [-0.05, 0) is 19.1 Å². The van der Waals surface area contributed by atoms with Gasteiger partial charge in [-0.15, -0.1) is 0 Å². The zero-order chi connectivity index (χ0) is 13.9. The zero-order valence-corrected chi connectivity index (χ0v) is 11.6. The van der Waals surface area contributed by atoms with Crippen molar-refractivity contribution < 1.29 is 0 Å². The Bertz CT molecular complexity index is 613. The van der Waals surface area contributed by atoms with E-state index in [0.29, 0.717) is 5.92 Å². The van der Waals surface area contributed by atoms with Crippen LogP contribution in [0.5, 0.6) is 0 Å².